The van der Waals surface area contributed by atoms with Crippen LogP contribution in [0.1, 0.15) is 0 Å². The second-order valence-corrected chi connectivity index (χ2v) is 2.97. The van der Waals surface area contributed by atoms with Crippen molar-refractivity contribution < 1.29 is 30.0 Å². The first-order valence-electron chi connectivity index (χ1n) is 2.61. The van der Waals surface area contributed by atoms with Crippen LogP contribution in [0, 0.1) is 6.58 Å². The van der Waals surface area contributed by atoms with Gasteiger partial charge in [-0.15, -0.1) is 0 Å². The summed E-state index contributed by atoms with van der Waals surface area (Å²) >= 11 is 7.32. The SMILES string of the molecule is [CH-]=C(Br)/C=C\[C](=[Ni])C(=O)OC.[OH-]. The Kier molecular flexibility index (Phi) is 8.82. The van der Waals surface area contributed by atoms with Crippen molar-refractivity contribution in [2.24, 2.45) is 0 Å². The predicted molar refractivity (Wildman–Crippen MR) is 44.8 cm³/mol. The number of methoxy groups -OCH3 is 1. The molecule has 0 radical (unpaired) electrons. The molecule has 0 aliphatic carbocycles. The molecular formula is C7H7BrNiO3-2. The van der Waals surface area contributed by atoms with Crippen molar-refractivity contribution in [2.75, 3.05) is 7.11 Å². The van der Waals surface area contributed by atoms with Crippen LogP contribution < -0.4 is 0 Å². The van der Waals surface area contributed by atoms with Gasteiger partial charge in [-0.1, -0.05) is 0 Å². The molecule has 0 saturated carbocycles. The van der Waals surface area contributed by atoms with Gasteiger partial charge in [0.15, 0.2) is 0 Å². The first-order valence-corrected chi connectivity index (χ1v) is 3.90. The molecule has 0 spiro atoms. The summed E-state index contributed by atoms with van der Waals surface area (Å²) in [6.45, 7) is 5.22. The molecule has 0 amide bonds. The number of rotatable bonds is 3. The summed E-state index contributed by atoms with van der Waals surface area (Å²) < 4.78 is 4.91. The van der Waals surface area contributed by atoms with E-state index in [2.05, 4.69) is 35.7 Å². The van der Waals surface area contributed by atoms with Crippen LogP contribution >= 0.6 is 15.9 Å². The molecule has 0 bridgehead atoms. The Bertz CT molecular complexity index is 223. The van der Waals surface area contributed by atoms with Gasteiger partial charge in [0.1, 0.15) is 0 Å². The molecule has 0 aliphatic heterocycles. The molecule has 0 saturated heterocycles. The topological polar surface area (TPSA) is 56.3 Å². The maximum Gasteiger partial charge on any atom is -0.870 e. The Hall–Kier alpha value is -0.246. The number of esters is 1. The van der Waals surface area contributed by atoms with Crippen LogP contribution in [0.3, 0.4) is 0 Å². The molecule has 3 nitrogen and oxygen atoms in total. The van der Waals surface area contributed by atoms with Crippen LogP contribution in [-0.4, -0.2) is 23.0 Å². The van der Waals surface area contributed by atoms with Crippen molar-refractivity contribution in [1.82, 2.24) is 0 Å². The van der Waals surface area contributed by atoms with E-state index in [9.17, 15) is 4.79 Å². The third kappa shape index (κ3) is 6.46. The fraction of sp³-hybridized carbons (Fsp3) is 0.143. The van der Waals surface area contributed by atoms with E-state index in [0.717, 1.165) is 0 Å². The van der Waals surface area contributed by atoms with E-state index in [1.807, 2.05) is 0 Å². The number of carbonyl (C=O) groups excluding carboxylic acids is 1. The van der Waals surface area contributed by atoms with Crippen molar-refractivity contribution in [2.45, 2.75) is 0 Å². The van der Waals surface area contributed by atoms with Crippen LogP contribution in [-0.2, 0) is 24.6 Å². The van der Waals surface area contributed by atoms with Gasteiger partial charge in [-0.3, -0.25) is 0 Å². The Morgan fingerprint density at radius 3 is 2.42 bits per heavy atom. The fourth-order valence-electron chi connectivity index (χ4n) is 0.307. The van der Waals surface area contributed by atoms with E-state index in [-0.39, 0.29) is 9.97 Å². The molecule has 0 aromatic carbocycles. The van der Waals surface area contributed by atoms with Gasteiger partial charge in [-0.2, -0.15) is 0 Å². The first kappa shape index (κ1) is 14.3. The monoisotopic (exact) mass is 276 g/mol. The molecule has 72 valence electrons. The zero-order chi connectivity index (χ0) is 8.85. The van der Waals surface area contributed by atoms with Crippen molar-refractivity contribution in [1.29, 1.82) is 0 Å². The zero-order valence-corrected chi connectivity index (χ0v) is 8.76. The molecule has 0 aromatic rings. The third-order valence-corrected chi connectivity index (χ3v) is 1.38. The summed E-state index contributed by atoms with van der Waals surface area (Å²) in [5.74, 6) is -0.519. The molecule has 0 atom stereocenters. The normalized spacial score (nSPS) is 9.00. The van der Waals surface area contributed by atoms with Crippen LogP contribution in [0.5, 0.6) is 0 Å². The molecule has 12 heavy (non-hydrogen) atoms. The van der Waals surface area contributed by atoms with Crippen LogP contribution in [0.15, 0.2) is 16.6 Å². The smallest absolute Gasteiger partial charge is 0.870 e. The first-order chi connectivity index (χ1) is 5.07. The largest absolute Gasteiger partial charge is 0.870 e. The van der Waals surface area contributed by atoms with E-state index in [4.69, 9.17) is 6.58 Å². The molecular weight excluding hydrogens is 271 g/mol. The average molecular weight is 278 g/mol. The summed E-state index contributed by atoms with van der Waals surface area (Å²) in [6.07, 6.45) is 2.89. The maximum atomic E-state index is 10.7. The van der Waals surface area contributed by atoms with Crippen LogP contribution in [0.2, 0.25) is 0 Å². The second kappa shape index (κ2) is 7.41. The summed E-state index contributed by atoms with van der Waals surface area (Å²) in [5.41, 5.74) is 0. The van der Waals surface area contributed by atoms with Crippen LogP contribution in [0.4, 0.5) is 0 Å². The van der Waals surface area contributed by atoms with E-state index < -0.39 is 5.97 Å². The number of ether oxygens (including phenoxy) is 1. The van der Waals surface area contributed by atoms with Gasteiger partial charge in [-0.05, 0) is 0 Å². The van der Waals surface area contributed by atoms with E-state index >= 15 is 0 Å². The molecule has 5 heteroatoms. The molecule has 0 fully saturated rings. The average Bonchev–Trinajstić information content (AvgIpc) is 1.98. The van der Waals surface area contributed by atoms with Crippen molar-refractivity contribution in [3.8, 4) is 0 Å². The molecule has 0 heterocycles. The minimum Gasteiger partial charge on any atom is -0.870 e. The molecule has 0 unspecified atom stereocenters. The van der Waals surface area contributed by atoms with Gasteiger partial charge in [0, 0.05) is 0 Å². The predicted octanol–water partition coefficient (Wildman–Crippen LogP) is 0.970. The van der Waals surface area contributed by atoms with Gasteiger partial charge >= 0.3 is 81.3 Å². The fourth-order valence-corrected chi connectivity index (χ4v) is 0.622. The minimum atomic E-state index is -0.519. The van der Waals surface area contributed by atoms with Gasteiger partial charge in [0.25, 0.3) is 0 Å². The molecule has 0 aromatic heterocycles. The van der Waals surface area contributed by atoms with E-state index in [0.29, 0.717) is 4.48 Å². The quantitative estimate of drug-likeness (QED) is 0.334. The number of hydrogen-bond donors (Lipinski definition) is 0. The van der Waals surface area contributed by atoms with Gasteiger partial charge in [0.2, 0.25) is 0 Å². The Labute approximate surface area is 86.8 Å². The van der Waals surface area contributed by atoms with Gasteiger partial charge in [0.05, 0.1) is 0 Å². The molecule has 1 N–H and O–H groups in total. The number of allylic oxidation sites excluding steroid dienone is 2. The Balaban J connectivity index is 0. The zero-order valence-electron chi connectivity index (χ0n) is 6.19. The Morgan fingerprint density at radius 2 is 2.08 bits per heavy atom. The van der Waals surface area contributed by atoms with Gasteiger partial charge < -0.3 is 5.48 Å². The Morgan fingerprint density at radius 1 is 1.58 bits per heavy atom. The number of carbonyl (C=O) groups is 1. The van der Waals surface area contributed by atoms with E-state index in [1.165, 1.54) is 19.3 Å². The van der Waals surface area contributed by atoms with Gasteiger partial charge in [-0.25, -0.2) is 0 Å². The maximum absolute atomic E-state index is 10.7. The third-order valence-electron chi connectivity index (χ3n) is 0.746. The number of hydrogen-bond acceptors (Lipinski definition) is 3. The van der Waals surface area contributed by atoms with Crippen molar-refractivity contribution in [3.63, 3.8) is 0 Å². The van der Waals surface area contributed by atoms with Crippen molar-refractivity contribution >= 4 is 26.4 Å². The summed E-state index contributed by atoms with van der Waals surface area (Å²) in [4.78, 5) is 10.7. The standard InChI is InChI=1S/C7H6BrO2.Ni.H2O/c1-6(8)4-3-5-7(9)10-2;;/h1,3-4H,2H3;;1H2/q-1;;/p-1/b4-3-;;. The summed E-state index contributed by atoms with van der Waals surface area (Å²) in [7, 11) is 1.27. The summed E-state index contributed by atoms with van der Waals surface area (Å²) in [5, 5.41) is 0. The minimum absolute atomic E-state index is 0. The summed E-state index contributed by atoms with van der Waals surface area (Å²) in [6, 6.07) is 0. The van der Waals surface area contributed by atoms with E-state index in [1.54, 1.807) is 0 Å². The molecule has 0 aliphatic rings. The molecule has 0 rings (SSSR count). The second-order valence-electron chi connectivity index (χ2n) is 1.52. The van der Waals surface area contributed by atoms with Crippen molar-refractivity contribution in [3.05, 3.63) is 23.2 Å². The number of halogens is 1. The van der Waals surface area contributed by atoms with Crippen LogP contribution in [0.25, 0.3) is 0 Å².